The Morgan fingerprint density at radius 1 is 0.363 bits per heavy atom. The molecule has 524 valence electrons. The van der Waals surface area contributed by atoms with Crippen molar-refractivity contribution in [2.24, 2.45) is 0 Å². The Morgan fingerprint density at radius 3 is 1.15 bits per heavy atom. The van der Waals surface area contributed by atoms with Crippen LogP contribution in [0.15, 0.2) is 71.8 Å². The first-order chi connectivity index (χ1) is 45.0. The number of hydrogen-bond acceptors (Lipinski definition) is 0. The Balaban J connectivity index is 0.000000946. The van der Waals surface area contributed by atoms with E-state index in [0.29, 0.717) is 0 Å². The van der Waals surface area contributed by atoms with Crippen molar-refractivity contribution in [2.45, 2.75) is 438 Å². The predicted molar refractivity (Wildman–Crippen MR) is 406 cm³/mol. The Bertz CT molecular complexity index is 2070. The number of unbranched alkanes of at least 4 members (excludes halogenated alkanes) is 52. The van der Waals surface area contributed by atoms with E-state index in [0.717, 1.165) is 65.8 Å². The Labute approximate surface area is 576 Å². The van der Waals surface area contributed by atoms with E-state index < -0.39 is 0 Å². The third-order valence-corrected chi connectivity index (χ3v) is 20.8. The molecular formula is C88H152N2Ni. The van der Waals surface area contributed by atoms with Crippen LogP contribution in [0.3, 0.4) is 0 Å². The first kappa shape index (κ1) is 84.4. The van der Waals surface area contributed by atoms with E-state index >= 15 is 0 Å². The second-order valence-electron chi connectivity index (χ2n) is 28.1. The molecule has 0 fully saturated rings. The van der Waals surface area contributed by atoms with Crippen LogP contribution in [0, 0.1) is 11.8 Å². The standard InChI is InChI=1S/C64H102N2.2C12H25.Ni/c1-5-8-11-14-17-19-21-23-25-26-27-28-29-31-32-34-36-38-41-44-51-59-52-46-47-55-62(59)64-61(54-45-42-39-37-35-33-30-24-22-20-18-15-12-9-6-2)57(4)63(66(64)65)60-53-48-50-58(56-60)49-43-40-16-13-10-7-3;2*1-3-5-7-9-11-12-10-8-6-4-2;/h45-48,50,52-56H,5-37,39-40,42-44,49,51H2,1-4H3;2*1,3-12H2,2H3;. The molecule has 2 nitrogen and oxygen atoms in total. The molecule has 0 atom stereocenters. The third-order valence-electron chi connectivity index (χ3n) is 19.4. The molecule has 0 aliphatic carbocycles. The van der Waals surface area contributed by atoms with Crippen LogP contribution in [-0.2, 0) is 27.3 Å². The Hall–Kier alpha value is -2.69. The van der Waals surface area contributed by atoms with Crippen molar-refractivity contribution < 1.29 is 19.1 Å². The maximum absolute atomic E-state index is 12.2. The van der Waals surface area contributed by atoms with E-state index in [4.69, 9.17) is 0 Å². The zero-order valence-corrected chi connectivity index (χ0v) is 62.8. The van der Waals surface area contributed by atoms with Gasteiger partial charge in [-0.2, -0.15) is 0 Å². The first-order valence-corrected chi connectivity index (χ1v) is 42.1. The zero-order valence-electron chi connectivity index (χ0n) is 61.8. The summed E-state index contributed by atoms with van der Waals surface area (Å²) < 4.78 is 1.52. The minimum absolute atomic E-state index is 0.846. The number of benzene rings is 2. The van der Waals surface area contributed by atoms with Crippen LogP contribution in [0.2, 0.25) is 10.8 Å². The molecule has 0 saturated carbocycles. The average Bonchev–Trinajstić information content (AvgIpc) is 1.63. The van der Waals surface area contributed by atoms with E-state index in [1.165, 1.54) is 380 Å². The SMILES string of the molecule is CCCCCCCCCCCCCCCC=CC1=C(c2ccccc2CCC#CCCCCCCCCCCCCCCCCCC)[N+](=[N-])C(c2cccc(CCCCCCCC)c2)=C1C.CCCCCCCCCCC[CH2][Ni][CH2]CCCCCCCCCCC. The van der Waals surface area contributed by atoms with E-state index in [-0.39, 0.29) is 0 Å². The quantitative estimate of drug-likeness (QED) is 0.0273. The van der Waals surface area contributed by atoms with Gasteiger partial charge < -0.3 is 5.53 Å². The molecule has 0 aromatic heterocycles. The van der Waals surface area contributed by atoms with Crippen LogP contribution < -0.4 is 0 Å². The van der Waals surface area contributed by atoms with Crippen molar-refractivity contribution >= 4 is 11.4 Å². The first-order valence-electron chi connectivity index (χ1n) is 40.7. The summed E-state index contributed by atoms with van der Waals surface area (Å²) in [6.07, 6.45) is 87.0. The summed E-state index contributed by atoms with van der Waals surface area (Å²) in [5, 5.41) is 2.86. The average molecular weight is 1300 g/mol. The number of aryl methyl sites for hydroxylation is 2. The van der Waals surface area contributed by atoms with Gasteiger partial charge in [0.15, 0.2) is 0 Å². The molecule has 0 radical (unpaired) electrons. The fourth-order valence-electron chi connectivity index (χ4n) is 13.4. The van der Waals surface area contributed by atoms with Gasteiger partial charge in [-0.15, -0.1) is 11.8 Å². The molecule has 1 aliphatic rings. The summed E-state index contributed by atoms with van der Waals surface area (Å²) in [6, 6.07) is 17.7. The van der Waals surface area contributed by atoms with Gasteiger partial charge in [-0.3, -0.25) is 0 Å². The van der Waals surface area contributed by atoms with Gasteiger partial charge in [0.05, 0.1) is 5.57 Å². The van der Waals surface area contributed by atoms with Gasteiger partial charge in [0.2, 0.25) is 11.4 Å². The minimum atomic E-state index is 0.846. The molecule has 0 N–H and O–H groups in total. The summed E-state index contributed by atoms with van der Waals surface area (Å²) in [4.78, 5) is 0. The van der Waals surface area contributed by atoms with Gasteiger partial charge in [-0.25, -0.2) is 4.70 Å². The summed E-state index contributed by atoms with van der Waals surface area (Å²) in [7, 11) is 0. The fraction of sp³-hybridized carbons (Fsp3) is 0.773. The maximum atomic E-state index is 12.2. The molecule has 3 rings (SSSR count). The van der Waals surface area contributed by atoms with E-state index in [1.807, 2.05) is 14.4 Å². The summed E-state index contributed by atoms with van der Waals surface area (Å²) in [6.45, 7) is 13.7. The van der Waals surface area contributed by atoms with E-state index in [1.54, 1.807) is 0 Å². The number of rotatable bonds is 64. The van der Waals surface area contributed by atoms with Crippen LogP contribution in [0.25, 0.3) is 16.9 Å². The van der Waals surface area contributed by atoms with Crippen LogP contribution in [0.1, 0.15) is 436 Å². The fourth-order valence-corrected chi connectivity index (χ4v) is 14.7. The van der Waals surface area contributed by atoms with Gasteiger partial charge >= 0.3 is 167 Å². The monoisotopic (exact) mass is 1300 g/mol. The van der Waals surface area contributed by atoms with Crippen molar-refractivity contribution in [1.29, 1.82) is 0 Å². The molecule has 1 aliphatic heterocycles. The number of nitrogens with zero attached hydrogens (tertiary/aromatic N) is 2. The summed E-state index contributed by atoms with van der Waals surface area (Å²) in [5.41, 5.74) is 21.2. The Kier molecular flexibility index (Phi) is 61.2. The van der Waals surface area contributed by atoms with Crippen LogP contribution in [-0.4, -0.2) is 4.70 Å². The summed E-state index contributed by atoms with van der Waals surface area (Å²) in [5.74, 6) is 7.03. The van der Waals surface area contributed by atoms with E-state index in [2.05, 4.69) is 114 Å². The molecule has 3 heteroatoms. The van der Waals surface area contributed by atoms with Crippen LogP contribution in [0.4, 0.5) is 0 Å². The second-order valence-corrected chi connectivity index (χ2v) is 29.6. The van der Waals surface area contributed by atoms with Crippen LogP contribution >= 0.6 is 0 Å². The molecule has 0 unspecified atom stereocenters. The zero-order chi connectivity index (χ0) is 65.2. The molecular weight excluding hydrogens is 1140 g/mol. The molecule has 2 aromatic carbocycles. The van der Waals surface area contributed by atoms with Gasteiger partial charge in [0.25, 0.3) is 0 Å². The van der Waals surface area contributed by atoms with Crippen molar-refractivity contribution in [3.63, 3.8) is 0 Å². The Morgan fingerprint density at radius 2 is 0.725 bits per heavy atom. The van der Waals surface area contributed by atoms with Crippen molar-refractivity contribution in [3.05, 3.63) is 99.6 Å². The van der Waals surface area contributed by atoms with E-state index in [9.17, 15) is 5.53 Å². The topological polar surface area (TPSA) is 25.3 Å². The van der Waals surface area contributed by atoms with Crippen molar-refractivity contribution in [3.8, 4) is 11.8 Å². The summed E-state index contributed by atoms with van der Waals surface area (Å²) >= 11 is 2.03. The second kappa shape index (κ2) is 66.0. The van der Waals surface area contributed by atoms with Gasteiger partial charge in [-0.1, -0.05) is 269 Å². The number of allylic oxidation sites excluding steroid dienone is 4. The van der Waals surface area contributed by atoms with Crippen molar-refractivity contribution in [1.82, 2.24) is 0 Å². The molecule has 91 heavy (non-hydrogen) atoms. The normalized spacial score (nSPS) is 12.5. The number of hydrogen-bond donors (Lipinski definition) is 0. The van der Waals surface area contributed by atoms with Crippen LogP contribution in [0.5, 0.6) is 0 Å². The molecule has 2 aromatic rings. The van der Waals surface area contributed by atoms with Gasteiger partial charge in [-0.05, 0) is 74.8 Å². The molecule has 1 heterocycles. The molecule has 0 spiro atoms. The molecule has 0 amide bonds. The molecule has 0 bridgehead atoms. The molecule has 0 saturated heterocycles. The van der Waals surface area contributed by atoms with Gasteiger partial charge in [0.1, 0.15) is 0 Å². The predicted octanol–water partition coefficient (Wildman–Crippen LogP) is 31.2. The third kappa shape index (κ3) is 47.8. The van der Waals surface area contributed by atoms with Gasteiger partial charge in [0, 0.05) is 29.5 Å². The van der Waals surface area contributed by atoms with Crippen molar-refractivity contribution in [2.75, 3.05) is 0 Å².